The maximum absolute atomic E-state index is 11.8. The number of anilines is 1. The SMILES string of the molecule is CCNCC(=O)Nc1cccc(Cl)c1-n1ccnc1. The molecule has 0 saturated heterocycles. The van der Waals surface area contributed by atoms with E-state index in [4.69, 9.17) is 11.6 Å². The van der Waals surface area contributed by atoms with Crippen LogP contribution in [-0.2, 0) is 4.79 Å². The molecule has 1 aromatic heterocycles. The van der Waals surface area contributed by atoms with Crippen LogP contribution in [0.3, 0.4) is 0 Å². The van der Waals surface area contributed by atoms with Crippen LogP contribution >= 0.6 is 11.6 Å². The number of nitrogens with zero attached hydrogens (tertiary/aromatic N) is 2. The molecule has 0 aliphatic carbocycles. The molecule has 19 heavy (non-hydrogen) atoms. The van der Waals surface area contributed by atoms with Gasteiger partial charge in [-0.15, -0.1) is 0 Å². The van der Waals surface area contributed by atoms with Crippen LogP contribution in [0.4, 0.5) is 5.69 Å². The number of benzene rings is 1. The zero-order valence-corrected chi connectivity index (χ0v) is 11.3. The Morgan fingerprint density at radius 2 is 2.32 bits per heavy atom. The second-order valence-corrected chi connectivity index (χ2v) is 4.34. The van der Waals surface area contributed by atoms with Gasteiger partial charge in [0, 0.05) is 12.4 Å². The van der Waals surface area contributed by atoms with E-state index in [9.17, 15) is 4.79 Å². The van der Waals surface area contributed by atoms with Gasteiger partial charge in [-0.2, -0.15) is 0 Å². The quantitative estimate of drug-likeness (QED) is 0.880. The highest BCUT2D eigenvalue weighted by molar-refractivity contribution is 6.33. The minimum absolute atomic E-state index is 0.106. The Labute approximate surface area is 116 Å². The van der Waals surface area contributed by atoms with E-state index in [0.717, 1.165) is 6.54 Å². The summed E-state index contributed by atoms with van der Waals surface area (Å²) in [7, 11) is 0. The second-order valence-electron chi connectivity index (χ2n) is 3.93. The number of rotatable bonds is 5. The summed E-state index contributed by atoms with van der Waals surface area (Å²) in [5.41, 5.74) is 1.37. The van der Waals surface area contributed by atoms with Crippen molar-refractivity contribution in [3.05, 3.63) is 41.9 Å². The summed E-state index contributed by atoms with van der Waals surface area (Å²) in [5, 5.41) is 6.37. The first-order chi connectivity index (χ1) is 9.22. The van der Waals surface area contributed by atoms with Crippen LogP contribution in [0.25, 0.3) is 5.69 Å². The van der Waals surface area contributed by atoms with Crippen molar-refractivity contribution in [3.8, 4) is 5.69 Å². The van der Waals surface area contributed by atoms with Gasteiger partial charge < -0.3 is 15.2 Å². The summed E-state index contributed by atoms with van der Waals surface area (Å²) in [6, 6.07) is 5.38. The fourth-order valence-electron chi connectivity index (χ4n) is 1.70. The van der Waals surface area contributed by atoms with Crippen molar-refractivity contribution < 1.29 is 4.79 Å². The fourth-order valence-corrected chi connectivity index (χ4v) is 1.98. The van der Waals surface area contributed by atoms with E-state index in [1.807, 2.05) is 13.0 Å². The monoisotopic (exact) mass is 278 g/mol. The third kappa shape index (κ3) is 3.33. The molecule has 0 aliphatic rings. The maximum Gasteiger partial charge on any atom is 0.238 e. The Kier molecular flexibility index (Phi) is 4.54. The maximum atomic E-state index is 11.8. The molecule has 1 amide bonds. The minimum atomic E-state index is -0.106. The standard InChI is InChI=1S/C13H15ClN4O/c1-2-15-8-12(19)17-11-5-3-4-10(14)13(11)18-7-6-16-9-18/h3-7,9,15H,2,8H2,1H3,(H,17,19). The van der Waals surface area contributed by atoms with Gasteiger partial charge >= 0.3 is 0 Å². The zero-order chi connectivity index (χ0) is 13.7. The molecule has 1 heterocycles. The number of halogens is 1. The average Bonchev–Trinajstić information content (AvgIpc) is 2.90. The van der Waals surface area contributed by atoms with E-state index in [-0.39, 0.29) is 12.5 Å². The number of hydrogen-bond donors (Lipinski definition) is 2. The zero-order valence-electron chi connectivity index (χ0n) is 10.6. The van der Waals surface area contributed by atoms with Crippen LogP contribution in [-0.4, -0.2) is 28.5 Å². The predicted molar refractivity (Wildman–Crippen MR) is 75.7 cm³/mol. The molecular formula is C13H15ClN4O. The Bertz CT molecular complexity index is 554. The third-order valence-corrected chi connectivity index (χ3v) is 2.86. The van der Waals surface area contributed by atoms with Crippen molar-refractivity contribution in [1.29, 1.82) is 0 Å². The number of carbonyl (C=O) groups is 1. The molecule has 0 unspecified atom stereocenters. The second kappa shape index (κ2) is 6.36. The van der Waals surface area contributed by atoms with Crippen molar-refractivity contribution in [2.75, 3.05) is 18.4 Å². The summed E-state index contributed by atoms with van der Waals surface area (Å²) < 4.78 is 1.77. The van der Waals surface area contributed by atoms with Gasteiger partial charge in [0.05, 0.1) is 29.3 Å². The number of para-hydroxylation sites is 1. The lowest BCUT2D eigenvalue weighted by molar-refractivity contribution is -0.115. The van der Waals surface area contributed by atoms with E-state index in [1.165, 1.54) is 0 Å². The average molecular weight is 279 g/mol. The Morgan fingerprint density at radius 1 is 1.47 bits per heavy atom. The third-order valence-electron chi connectivity index (χ3n) is 2.56. The highest BCUT2D eigenvalue weighted by Gasteiger charge is 2.11. The molecule has 2 N–H and O–H groups in total. The molecule has 5 nitrogen and oxygen atoms in total. The van der Waals surface area contributed by atoms with Gasteiger partial charge in [0.1, 0.15) is 0 Å². The van der Waals surface area contributed by atoms with Crippen LogP contribution < -0.4 is 10.6 Å². The van der Waals surface area contributed by atoms with Gasteiger partial charge in [-0.1, -0.05) is 24.6 Å². The van der Waals surface area contributed by atoms with E-state index in [1.54, 1.807) is 35.4 Å². The van der Waals surface area contributed by atoms with Crippen LogP contribution in [0.15, 0.2) is 36.9 Å². The smallest absolute Gasteiger partial charge is 0.238 e. The number of aromatic nitrogens is 2. The van der Waals surface area contributed by atoms with Gasteiger partial charge in [-0.3, -0.25) is 4.79 Å². The highest BCUT2D eigenvalue weighted by atomic mass is 35.5. The van der Waals surface area contributed by atoms with E-state index in [0.29, 0.717) is 16.4 Å². The molecule has 6 heteroatoms. The fraction of sp³-hybridized carbons (Fsp3) is 0.231. The molecule has 1 aromatic carbocycles. The Hall–Kier alpha value is -1.85. The molecular weight excluding hydrogens is 264 g/mol. The Balaban J connectivity index is 2.26. The molecule has 0 radical (unpaired) electrons. The lowest BCUT2D eigenvalue weighted by atomic mass is 10.2. The molecule has 0 saturated carbocycles. The Morgan fingerprint density at radius 3 is 3.00 bits per heavy atom. The van der Waals surface area contributed by atoms with Gasteiger partial charge in [-0.25, -0.2) is 4.98 Å². The highest BCUT2D eigenvalue weighted by Crippen LogP contribution is 2.28. The van der Waals surface area contributed by atoms with Gasteiger partial charge in [-0.05, 0) is 18.7 Å². The van der Waals surface area contributed by atoms with Gasteiger partial charge in [0.15, 0.2) is 0 Å². The molecule has 0 aliphatic heterocycles. The summed E-state index contributed by atoms with van der Waals surface area (Å²) in [5.74, 6) is -0.106. The van der Waals surface area contributed by atoms with Crippen LogP contribution in [0.1, 0.15) is 6.92 Å². The predicted octanol–water partition coefficient (Wildman–Crippen LogP) is 2.07. The molecule has 2 aromatic rings. The molecule has 0 bridgehead atoms. The number of hydrogen-bond acceptors (Lipinski definition) is 3. The van der Waals surface area contributed by atoms with E-state index < -0.39 is 0 Å². The van der Waals surface area contributed by atoms with Crippen molar-refractivity contribution in [3.63, 3.8) is 0 Å². The molecule has 0 spiro atoms. The van der Waals surface area contributed by atoms with Crippen molar-refractivity contribution >= 4 is 23.2 Å². The largest absolute Gasteiger partial charge is 0.323 e. The van der Waals surface area contributed by atoms with Crippen LogP contribution in [0.5, 0.6) is 0 Å². The van der Waals surface area contributed by atoms with Crippen molar-refractivity contribution in [1.82, 2.24) is 14.9 Å². The molecule has 0 fully saturated rings. The van der Waals surface area contributed by atoms with Gasteiger partial charge in [0.25, 0.3) is 0 Å². The van der Waals surface area contributed by atoms with Gasteiger partial charge in [0.2, 0.25) is 5.91 Å². The first kappa shape index (κ1) is 13.6. The van der Waals surface area contributed by atoms with Crippen LogP contribution in [0, 0.1) is 0 Å². The lowest BCUT2D eigenvalue weighted by Crippen LogP contribution is -2.28. The number of nitrogens with one attached hydrogen (secondary N) is 2. The summed E-state index contributed by atoms with van der Waals surface area (Å²) in [4.78, 5) is 15.8. The number of carbonyl (C=O) groups excluding carboxylic acids is 1. The minimum Gasteiger partial charge on any atom is -0.323 e. The number of amides is 1. The topological polar surface area (TPSA) is 59.0 Å². The summed E-state index contributed by atoms with van der Waals surface area (Å²) >= 11 is 6.19. The van der Waals surface area contributed by atoms with Crippen molar-refractivity contribution in [2.45, 2.75) is 6.92 Å². The molecule has 0 atom stereocenters. The molecule has 100 valence electrons. The summed E-state index contributed by atoms with van der Waals surface area (Å²) in [6.07, 6.45) is 5.08. The van der Waals surface area contributed by atoms with E-state index >= 15 is 0 Å². The first-order valence-corrected chi connectivity index (χ1v) is 6.37. The number of likely N-dealkylation sites (N-methyl/N-ethyl adjacent to an activating group) is 1. The lowest BCUT2D eigenvalue weighted by Gasteiger charge is -2.13. The van der Waals surface area contributed by atoms with Crippen molar-refractivity contribution in [2.24, 2.45) is 0 Å². The molecule has 2 rings (SSSR count). The van der Waals surface area contributed by atoms with Crippen LogP contribution in [0.2, 0.25) is 5.02 Å². The normalized spacial score (nSPS) is 10.4. The number of imidazole rings is 1. The van der Waals surface area contributed by atoms with E-state index in [2.05, 4.69) is 15.6 Å². The first-order valence-electron chi connectivity index (χ1n) is 5.99. The summed E-state index contributed by atoms with van der Waals surface area (Å²) in [6.45, 7) is 2.97.